The number of nitrogens with one attached hydrogen (secondary N) is 1. The van der Waals surface area contributed by atoms with E-state index in [9.17, 15) is 12.8 Å². The fourth-order valence-corrected chi connectivity index (χ4v) is 4.08. The van der Waals surface area contributed by atoms with Crippen molar-refractivity contribution in [2.75, 3.05) is 22.0 Å². The van der Waals surface area contributed by atoms with Crippen LogP contribution in [0.15, 0.2) is 53.4 Å². The van der Waals surface area contributed by atoms with Gasteiger partial charge < -0.3 is 5.73 Å². The van der Waals surface area contributed by atoms with Gasteiger partial charge in [-0.3, -0.25) is 4.72 Å². The predicted octanol–water partition coefficient (Wildman–Crippen LogP) is 2.94. The van der Waals surface area contributed by atoms with Gasteiger partial charge in [-0.1, -0.05) is 18.2 Å². The first-order chi connectivity index (χ1) is 9.96. The molecule has 0 fully saturated rings. The third-order valence-electron chi connectivity index (χ3n) is 2.62. The zero-order valence-electron chi connectivity index (χ0n) is 11.1. The molecule has 21 heavy (non-hydrogen) atoms. The normalized spacial score (nSPS) is 11.3. The molecule has 3 N–H and O–H groups in total. The van der Waals surface area contributed by atoms with Crippen LogP contribution in [0.2, 0.25) is 0 Å². The highest BCUT2D eigenvalue weighted by Crippen LogP contribution is 2.21. The number of nitrogen functional groups attached to an aromatic ring is 1. The molecule has 0 radical (unpaired) electrons. The minimum Gasteiger partial charge on any atom is -0.399 e. The quantitative estimate of drug-likeness (QED) is 0.632. The van der Waals surface area contributed by atoms with Gasteiger partial charge in [0, 0.05) is 16.3 Å². The second-order valence-electron chi connectivity index (χ2n) is 4.32. The van der Waals surface area contributed by atoms with Crippen LogP contribution in [0.5, 0.6) is 0 Å². The molecule has 0 spiro atoms. The van der Waals surface area contributed by atoms with E-state index in [1.165, 1.54) is 30.0 Å². The fraction of sp³-hybridized carbons (Fsp3) is 0.143. The number of para-hydroxylation sites is 1. The zero-order valence-corrected chi connectivity index (χ0v) is 12.8. The molecule has 112 valence electrons. The van der Waals surface area contributed by atoms with E-state index in [-0.39, 0.29) is 11.4 Å². The Morgan fingerprint density at radius 2 is 1.90 bits per heavy atom. The fourth-order valence-electron chi connectivity index (χ4n) is 1.64. The molecule has 4 nitrogen and oxygen atoms in total. The van der Waals surface area contributed by atoms with E-state index in [2.05, 4.69) is 4.72 Å². The minimum atomic E-state index is -3.58. The van der Waals surface area contributed by atoms with Gasteiger partial charge in [-0.25, -0.2) is 12.8 Å². The number of sulfonamides is 1. The second kappa shape index (κ2) is 6.82. The summed E-state index contributed by atoms with van der Waals surface area (Å²) in [5.74, 6) is -0.349. The van der Waals surface area contributed by atoms with Crippen LogP contribution in [0.1, 0.15) is 0 Å². The van der Waals surface area contributed by atoms with Crippen LogP contribution in [0.3, 0.4) is 0 Å². The number of hydrogen-bond acceptors (Lipinski definition) is 4. The Morgan fingerprint density at radius 1 is 1.14 bits per heavy atom. The summed E-state index contributed by atoms with van der Waals surface area (Å²) in [4.78, 5) is 0.899. The summed E-state index contributed by atoms with van der Waals surface area (Å²) in [5.41, 5.74) is 6.25. The number of halogens is 1. The van der Waals surface area contributed by atoms with Gasteiger partial charge in [-0.2, -0.15) is 0 Å². The molecule has 0 aliphatic rings. The summed E-state index contributed by atoms with van der Waals surface area (Å²) in [5, 5.41) is 0. The standard InChI is InChI=1S/C14H15FN2O2S2/c15-13-6-1-2-7-14(13)17-21(18,19)9-8-20-12-5-3-4-11(16)10-12/h1-7,10,17H,8-9,16H2. The Labute approximate surface area is 127 Å². The van der Waals surface area contributed by atoms with Gasteiger partial charge >= 0.3 is 0 Å². The van der Waals surface area contributed by atoms with Crippen molar-refractivity contribution in [3.05, 3.63) is 54.3 Å². The SMILES string of the molecule is Nc1cccc(SCCS(=O)(=O)Nc2ccccc2F)c1. The maximum absolute atomic E-state index is 13.4. The highest BCUT2D eigenvalue weighted by atomic mass is 32.2. The van der Waals surface area contributed by atoms with E-state index in [4.69, 9.17) is 5.73 Å². The Balaban J connectivity index is 1.91. The van der Waals surface area contributed by atoms with Crippen LogP contribution in [0.25, 0.3) is 0 Å². The second-order valence-corrected chi connectivity index (χ2v) is 7.33. The van der Waals surface area contributed by atoms with Crippen LogP contribution >= 0.6 is 11.8 Å². The first kappa shape index (κ1) is 15.7. The Hall–Kier alpha value is -1.73. The van der Waals surface area contributed by atoms with E-state index in [0.29, 0.717) is 11.4 Å². The number of benzene rings is 2. The average molecular weight is 326 g/mol. The van der Waals surface area contributed by atoms with Crippen LogP contribution in [0, 0.1) is 5.82 Å². The third kappa shape index (κ3) is 4.95. The molecule has 0 bridgehead atoms. The van der Waals surface area contributed by atoms with E-state index in [1.807, 2.05) is 12.1 Å². The minimum absolute atomic E-state index is 0.0357. The van der Waals surface area contributed by atoms with Crippen LogP contribution in [-0.2, 0) is 10.0 Å². The number of thioether (sulfide) groups is 1. The van der Waals surface area contributed by atoms with E-state index >= 15 is 0 Å². The summed E-state index contributed by atoms with van der Waals surface area (Å²) in [6.45, 7) is 0. The van der Waals surface area contributed by atoms with Gasteiger partial charge in [-0.05, 0) is 30.3 Å². The van der Waals surface area contributed by atoms with Gasteiger partial charge in [0.2, 0.25) is 10.0 Å². The Morgan fingerprint density at radius 3 is 2.62 bits per heavy atom. The van der Waals surface area contributed by atoms with Gasteiger partial charge in [0.05, 0.1) is 11.4 Å². The third-order valence-corrected chi connectivity index (χ3v) is 5.14. The average Bonchev–Trinajstić information content (AvgIpc) is 2.41. The van der Waals surface area contributed by atoms with Crippen molar-refractivity contribution >= 4 is 33.2 Å². The topological polar surface area (TPSA) is 72.2 Å². The molecule has 0 amide bonds. The smallest absolute Gasteiger partial charge is 0.233 e. The zero-order chi connectivity index (χ0) is 15.3. The largest absolute Gasteiger partial charge is 0.399 e. The number of anilines is 2. The summed E-state index contributed by atoms with van der Waals surface area (Å²) in [6, 6.07) is 12.9. The molecule has 0 saturated heterocycles. The van der Waals surface area contributed by atoms with Gasteiger partial charge in [0.1, 0.15) is 5.82 Å². The number of nitrogens with two attached hydrogens (primary N) is 1. The van der Waals surface area contributed by atoms with E-state index < -0.39 is 15.8 Å². The lowest BCUT2D eigenvalue weighted by Gasteiger charge is -2.08. The lowest BCUT2D eigenvalue weighted by molar-refractivity contribution is 0.600. The molecule has 0 unspecified atom stereocenters. The van der Waals surface area contributed by atoms with Gasteiger partial charge in [0.25, 0.3) is 0 Å². The van der Waals surface area contributed by atoms with Crippen molar-refractivity contribution in [1.82, 2.24) is 0 Å². The maximum atomic E-state index is 13.4. The molecule has 0 saturated carbocycles. The first-order valence-corrected chi connectivity index (χ1v) is 8.83. The molecule has 0 aliphatic carbocycles. The monoisotopic (exact) mass is 326 g/mol. The molecule has 2 aromatic carbocycles. The molecular formula is C14H15FN2O2S2. The maximum Gasteiger partial charge on any atom is 0.233 e. The van der Waals surface area contributed by atoms with Gasteiger partial charge in [0.15, 0.2) is 0 Å². The highest BCUT2D eigenvalue weighted by Gasteiger charge is 2.12. The predicted molar refractivity (Wildman–Crippen MR) is 85.4 cm³/mol. The van der Waals surface area contributed by atoms with Crippen LogP contribution in [0.4, 0.5) is 15.8 Å². The summed E-state index contributed by atoms with van der Waals surface area (Å²) in [7, 11) is -3.58. The van der Waals surface area contributed by atoms with Gasteiger partial charge in [-0.15, -0.1) is 11.8 Å². The molecule has 2 rings (SSSR count). The van der Waals surface area contributed by atoms with Crippen LogP contribution in [-0.4, -0.2) is 19.9 Å². The Kier molecular flexibility index (Phi) is 5.08. The molecule has 0 atom stereocenters. The van der Waals surface area contributed by atoms with Crippen molar-refractivity contribution in [3.63, 3.8) is 0 Å². The first-order valence-electron chi connectivity index (χ1n) is 6.20. The van der Waals surface area contributed by atoms with Crippen LogP contribution < -0.4 is 10.5 Å². The van der Waals surface area contributed by atoms with E-state index in [1.54, 1.807) is 18.2 Å². The molecule has 0 aliphatic heterocycles. The van der Waals surface area contributed by atoms with Crippen molar-refractivity contribution in [2.45, 2.75) is 4.90 Å². The summed E-state index contributed by atoms with van der Waals surface area (Å²) >= 11 is 1.38. The number of hydrogen-bond donors (Lipinski definition) is 2. The van der Waals surface area contributed by atoms with Crippen molar-refractivity contribution in [1.29, 1.82) is 0 Å². The van der Waals surface area contributed by atoms with Crippen molar-refractivity contribution in [2.24, 2.45) is 0 Å². The number of rotatable bonds is 6. The Bertz CT molecular complexity index is 720. The lowest BCUT2D eigenvalue weighted by atomic mass is 10.3. The van der Waals surface area contributed by atoms with Crippen molar-refractivity contribution in [3.8, 4) is 0 Å². The van der Waals surface area contributed by atoms with E-state index in [0.717, 1.165) is 4.90 Å². The molecule has 2 aromatic rings. The molecule has 0 aromatic heterocycles. The highest BCUT2D eigenvalue weighted by molar-refractivity contribution is 8.01. The lowest BCUT2D eigenvalue weighted by Crippen LogP contribution is -2.18. The molecular weight excluding hydrogens is 311 g/mol. The molecule has 7 heteroatoms. The van der Waals surface area contributed by atoms with Crippen molar-refractivity contribution < 1.29 is 12.8 Å². The molecule has 0 heterocycles. The summed E-state index contributed by atoms with van der Waals surface area (Å²) in [6.07, 6.45) is 0. The summed E-state index contributed by atoms with van der Waals surface area (Å²) < 4.78 is 39.4.